The largest absolute Gasteiger partial charge is 0.453 e. The van der Waals surface area contributed by atoms with Crippen LogP contribution in [0.1, 0.15) is 17.0 Å². The Bertz CT molecular complexity index is 1220. The van der Waals surface area contributed by atoms with Gasteiger partial charge in [-0.15, -0.1) is 15.3 Å². The molecule has 0 amide bonds. The molecular weight excluding hydrogens is 349 g/mol. The van der Waals surface area contributed by atoms with Crippen molar-refractivity contribution in [3.05, 3.63) is 57.8 Å². The Morgan fingerprint density at radius 2 is 1.85 bits per heavy atom. The van der Waals surface area contributed by atoms with Crippen molar-refractivity contribution < 1.29 is 13.2 Å². The van der Waals surface area contributed by atoms with Crippen LogP contribution < -0.4 is 5.56 Å². The molecule has 0 aliphatic carbocycles. The van der Waals surface area contributed by atoms with Gasteiger partial charge in [0.25, 0.3) is 17.2 Å². The third kappa shape index (κ3) is 2.41. The SMILES string of the molecule is Cc1ccc(-n2ccc3c(nnc4nc(C(F)(F)F)nn43)c2=O)c(C)c1. The van der Waals surface area contributed by atoms with Crippen molar-refractivity contribution in [2.75, 3.05) is 0 Å². The number of alkyl halides is 3. The summed E-state index contributed by atoms with van der Waals surface area (Å²) in [5.41, 5.74) is 2.07. The number of rotatable bonds is 1. The second kappa shape index (κ2) is 5.35. The van der Waals surface area contributed by atoms with Gasteiger partial charge in [-0.05, 0) is 31.5 Å². The van der Waals surface area contributed by atoms with E-state index in [2.05, 4.69) is 20.3 Å². The first-order chi connectivity index (χ1) is 12.3. The number of aryl methyl sites for hydroxylation is 2. The molecule has 10 heteroatoms. The normalized spacial score (nSPS) is 12.2. The Morgan fingerprint density at radius 1 is 1.08 bits per heavy atom. The summed E-state index contributed by atoms with van der Waals surface area (Å²) in [6.45, 7) is 3.80. The van der Waals surface area contributed by atoms with Crippen LogP contribution in [0.3, 0.4) is 0 Å². The molecule has 4 rings (SSSR count). The number of hydrogen-bond donors (Lipinski definition) is 0. The minimum absolute atomic E-state index is 0.0985. The van der Waals surface area contributed by atoms with Gasteiger partial charge in [0.2, 0.25) is 0 Å². The molecule has 0 atom stereocenters. The van der Waals surface area contributed by atoms with Crippen molar-refractivity contribution in [3.8, 4) is 5.69 Å². The van der Waals surface area contributed by atoms with Crippen LogP contribution in [0.2, 0.25) is 0 Å². The van der Waals surface area contributed by atoms with Crippen molar-refractivity contribution >= 4 is 16.8 Å². The van der Waals surface area contributed by atoms with Crippen molar-refractivity contribution in [3.63, 3.8) is 0 Å². The van der Waals surface area contributed by atoms with Gasteiger partial charge in [0, 0.05) is 6.20 Å². The second-order valence-electron chi connectivity index (χ2n) is 5.86. The summed E-state index contributed by atoms with van der Waals surface area (Å²) in [5.74, 6) is -1.66. The van der Waals surface area contributed by atoms with Crippen LogP contribution >= 0.6 is 0 Å². The molecule has 132 valence electrons. The molecule has 3 heterocycles. The summed E-state index contributed by atoms with van der Waals surface area (Å²) in [4.78, 5) is 16.1. The van der Waals surface area contributed by atoms with Crippen LogP contribution in [-0.2, 0) is 6.18 Å². The van der Waals surface area contributed by atoms with Gasteiger partial charge in [-0.25, -0.2) is 0 Å². The summed E-state index contributed by atoms with van der Waals surface area (Å²) >= 11 is 0. The summed E-state index contributed by atoms with van der Waals surface area (Å²) in [6.07, 6.45) is -3.24. The lowest BCUT2D eigenvalue weighted by Crippen LogP contribution is -2.21. The second-order valence-corrected chi connectivity index (χ2v) is 5.86. The summed E-state index contributed by atoms with van der Waals surface area (Å²) in [7, 11) is 0. The third-order valence-electron chi connectivity index (χ3n) is 3.97. The van der Waals surface area contributed by atoms with Crippen LogP contribution in [0.15, 0.2) is 35.3 Å². The maximum atomic E-state index is 12.8. The highest BCUT2D eigenvalue weighted by Gasteiger charge is 2.36. The van der Waals surface area contributed by atoms with Crippen LogP contribution in [0, 0.1) is 13.8 Å². The summed E-state index contributed by atoms with van der Waals surface area (Å²) < 4.78 is 40.7. The zero-order chi connectivity index (χ0) is 18.6. The van der Waals surface area contributed by atoms with Crippen molar-refractivity contribution in [1.29, 1.82) is 0 Å². The Balaban J connectivity index is 1.99. The fraction of sp³-hybridized carbons (Fsp3) is 0.188. The van der Waals surface area contributed by atoms with E-state index in [0.29, 0.717) is 5.69 Å². The molecule has 0 aliphatic heterocycles. The predicted molar refractivity (Wildman–Crippen MR) is 86.2 cm³/mol. The lowest BCUT2D eigenvalue weighted by molar-refractivity contribution is -0.144. The molecule has 0 bridgehead atoms. The molecule has 3 aromatic heterocycles. The van der Waals surface area contributed by atoms with E-state index >= 15 is 0 Å². The maximum Gasteiger partial charge on any atom is 0.453 e. The zero-order valence-corrected chi connectivity index (χ0v) is 13.6. The van der Waals surface area contributed by atoms with Crippen LogP contribution in [0.4, 0.5) is 13.2 Å². The molecule has 0 aliphatic rings. The highest BCUT2D eigenvalue weighted by molar-refractivity contribution is 5.74. The van der Waals surface area contributed by atoms with Crippen molar-refractivity contribution in [1.82, 2.24) is 29.4 Å². The molecule has 1 aromatic carbocycles. The highest BCUT2D eigenvalue weighted by atomic mass is 19.4. The molecule has 0 fully saturated rings. The number of hydrogen-bond acceptors (Lipinski definition) is 5. The molecule has 0 unspecified atom stereocenters. The first kappa shape index (κ1) is 16.2. The number of pyridine rings is 1. The zero-order valence-electron chi connectivity index (χ0n) is 13.6. The van der Waals surface area contributed by atoms with Crippen LogP contribution in [0.5, 0.6) is 0 Å². The molecule has 0 saturated heterocycles. The molecule has 7 nitrogen and oxygen atoms in total. The fourth-order valence-electron chi connectivity index (χ4n) is 2.79. The van der Waals surface area contributed by atoms with Gasteiger partial charge in [0.1, 0.15) is 5.52 Å². The molecule has 0 N–H and O–H groups in total. The first-order valence-electron chi connectivity index (χ1n) is 7.55. The van der Waals surface area contributed by atoms with E-state index in [1.165, 1.54) is 16.8 Å². The Kier molecular flexibility index (Phi) is 3.33. The highest BCUT2D eigenvalue weighted by Crippen LogP contribution is 2.26. The van der Waals surface area contributed by atoms with E-state index in [1.807, 2.05) is 26.0 Å². The van der Waals surface area contributed by atoms with Crippen molar-refractivity contribution in [2.24, 2.45) is 0 Å². The van der Waals surface area contributed by atoms with E-state index in [9.17, 15) is 18.0 Å². The number of aromatic nitrogens is 6. The van der Waals surface area contributed by atoms with Gasteiger partial charge in [0.15, 0.2) is 5.52 Å². The van der Waals surface area contributed by atoms with Crippen LogP contribution in [0.25, 0.3) is 22.5 Å². The molecule has 0 saturated carbocycles. The smallest absolute Gasteiger partial charge is 0.282 e. The third-order valence-corrected chi connectivity index (χ3v) is 3.97. The quantitative estimate of drug-likeness (QED) is 0.521. The Labute approximate surface area is 143 Å². The molecule has 26 heavy (non-hydrogen) atoms. The van der Waals surface area contributed by atoms with E-state index in [4.69, 9.17) is 0 Å². The summed E-state index contributed by atoms with van der Waals surface area (Å²) in [5, 5.41) is 10.8. The standard InChI is InChI=1S/C16H11F3N6O/c1-8-3-4-10(9(2)7-8)24-6-5-11-12(13(24)26)21-22-15-20-14(16(17,18)19)23-25(11)15/h3-7H,1-2H3. The topological polar surface area (TPSA) is 78.0 Å². The molecular formula is C16H11F3N6O. The molecule has 0 spiro atoms. The Hall–Kier alpha value is -3.30. The lowest BCUT2D eigenvalue weighted by Gasteiger charge is -2.10. The number of benzene rings is 1. The van der Waals surface area contributed by atoms with Gasteiger partial charge < -0.3 is 0 Å². The van der Waals surface area contributed by atoms with E-state index in [1.54, 1.807) is 6.07 Å². The van der Waals surface area contributed by atoms with Gasteiger partial charge in [-0.3, -0.25) is 9.36 Å². The average Bonchev–Trinajstić information content (AvgIpc) is 3.01. The average molecular weight is 360 g/mol. The fourth-order valence-corrected chi connectivity index (χ4v) is 2.79. The molecule has 4 aromatic rings. The number of fused-ring (bicyclic) bond motifs is 3. The van der Waals surface area contributed by atoms with Crippen LogP contribution in [-0.4, -0.2) is 29.4 Å². The van der Waals surface area contributed by atoms with Gasteiger partial charge in [-0.1, -0.05) is 17.7 Å². The van der Waals surface area contributed by atoms with Crippen molar-refractivity contribution in [2.45, 2.75) is 20.0 Å². The maximum absolute atomic E-state index is 12.8. The van der Waals surface area contributed by atoms with E-state index in [-0.39, 0.29) is 16.8 Å². The van der Waals surface area contributed by atoms with E-state index in [0.717, 1.165) is 15.6 Å². The predicted octanol–water partition coefficient (Wildman–Crippen LogP) is 2.46. The van der Waals surface area contributed by atoms with Gasteiger partial charge in [-0.2, -0.15) is 22.7 Å². The first-order valence-corrected chi connectivity index (χ1v) is 7.55. The van der Waals surface area contributed by atoms with E-state index < -0.39 is 17.6 Å². The summed E-state index contributed by atoms with van der Waals surface area (Å²) in [6, 6.07) is 7.04. The monoisotopic (exact) mass is 360 g/mol. The van der Waals surface area contributed by atoms with Gasteiger partial charge in [0.05, 0.1) is 5.69 Å². The molecule has 0 radical (unpaired) electrons. The lowest BCUT2D eigenvalue weighted by atomic mass is 10.1. The minimum Gasteiger partial charge on any atom is -0.282 e. The van der Waals surface area contributed by atoms with Gasteiger partial charge >= 0.3 is 6.18 Å². The Morgan fingerprint density at radius 3 is 2.54 bits per heavy atom. The number of nitrogens with zero attached hydrogens (tertiary/aromatic N) is 6. The number of halogens is 3. The minimum atomic E-state index is -4.71.